The molecule has 0 aliphatic heterocycles. The Morgan fingerprint density at radius 1 is 0.562 bits per heavy atom. The standard InChI is InChI=1S/C31H28I/c1-31(2,23-11-5-4-6-12-23)24-19-17-22(18-20-24)30-27-15-9-7-13-25(27)29(21-32-3)26-14-8-10-16-28(26)30/h4-20H,21H2,1-3H3/q-1. The van der Waals surface area contributed by atoms with Gasteiger partial charge in [-0.3, -0.25) is 0 Å². The predicted octanol–water partition coefficient (Wildman–Crippen LogP) is 5.20. The van der Waals surface area contributed by atoms with Crippen molar-refractivity contribution in [3.63, 3.8) is 0 Å². The van der Waals surface area contributed by atoms with E-state index in [4.69, 9.17) is 0 Å². The number of alkyl halides is 2. The van der Waals surface area contributed by atoms with Crippen molar-refractivity contribution in [1.82, 2.24) is 0 Å². The number of benzene rings is 5. The van der Waals surface area contributed by atoms with E-state index in [1.54, 1.807) is 0 Å². The zero-order valence-corrected chi connectivity index (χ0v) is 21.1. The monoisotopic (exact) mass is 527 g/mol. The maximum atomic E-state index is 2.38. The van der Waals surface area contributed by atoms with Gasteiger partial charge in [0.15, 0.2) is 0 Å². The second kappa shape index (κ2) is 8.71. The molecule has 0 radical (unpaired) electrons. The molecule has 0 amide bonds. The molecular weight excluding hydrogens is 499 g/mol. The molecule has 5 aromatic rings. The van der Waals surface area contributed by atoms with Gasteiger partial charge in [0.2, 0.25) is 0 Å². The molecule has 5 aromatic carbocycles. The van der Waals surface area contributed by atoms with Gasteiger partial charge in [-0.1, -0.05) is 18.2 Å². The minimum absolute atomic E-state index is 0.0292. The van der Waals surface area contributed by atoms with Crippen molar-refractivity contribution in [3.8, 4) is 11.1 Å². The summed E-state index contributed by atoms with van der Waals surface area (Å²) in [6.07, 6.45) is 0. The van der Waals surface area contributed by atoms with Crippen LogP contribution < -0.4 is 21.2 Å². The van der Waals surface area contributed by atoms with Crippen molar-refractivity contribution in [2.45, 2.75) is 23.7 Å². The molecule has 0 atom stereocenters. The molecule has 0 aliphatic carbocycles. The van der Waals surface area contributed by atoms with Crippen molar-refractivity contribution < 1.29 is 21.2 Å². The van der Waals surface area contributed by atoms with Crippen LogP contribution in [0.2, 0.25) is 0 Å². The molecule has 0 fully saturated rings. The van der Waals surface area contributed by atoms with Crippen molar-refractivity contribution in [3.05, 3.63) is 120 Å². The van der Waals surface area contributed by atoms with Gasteiger partial charge >= 0.3 is 184 Å². The molecule has 0 saturated carbocycles. The molecule has 5 rings (SSSR count). The zero-order chi connectivity index (χ0) is 22.1. The van der Waals surface area contributed by atoms with Crippen LogP contribution in [0.3, 0.4) is 0 Å². The van der Waals surface area contributed by atoms with Crippen LogP contribution in [0, 0.1) is 0 Å². The van der Waals surface area contributed by atoms with Crippen LogP contribution in [0.4, 0.5) is 0 Å². The van der Waals surface area contributed by atoms with Gasteiger partial charge in [0.1, 0.15) is 0 Å². The third-order valence-corrected chi connectivity index (χ3v) is 8.23. The van der Waals surface area contributed by atoms with Crippen LogP contribution in [0.25, 0.3) is 32.7 Å². The molecule has 0 N–H and O–H groups in total. The van der Waals surface area contributed by atoms with E-state index in [1.165, 1.54) is 53.8 Å². The summed E-state index contributed by atoms with van der Waals surface area (Å²) >= 11 is 0.174. The van der Waals surface area contributed by atoms with Crippen LogP contribution in [-0.4, -0.2) is 4.93 Å². The number of rotatable bonds is 5. The number of halogens is 1. The van der Waals surface area contributed by atoms with Crippen molar-refractivity contribution in [2.75, 3.05) is 4.93 Å². The summed E-state index contributed by atoms with van der Waals surface area (Å²) in [4.78, 5) is 2.38. The fourth-order valence-corrected chi connectivity index (χ4v) is 6.47. The van der Waals surface area contributed by atoms with Crippen LogP contribution in [0.5, 0.6) is 0 Å². The summed E-state index contributed by atoms with van der Waals surface area (Å²) in [6.45, 7) is 4.62. The summed E-state index contributed by atoms with van der Waals surface area (Å²) in [5.41, 5.74) is 6.83. The molecule has 1 heteroatoms. The Morgan fingerprint density at radius 3 is 1.56 bits per heavy atom. The molecular formula is C31H28I-. The first-order valence-corrected chi connectivity index (χ1v) is 14.8. The Labute approximate surface area is 201 Å². The summed E-state index contributed by atoms with van der Waals surface area (Å²) in [5, 5.41) is 5.57. The van der Waals surface area contributed by atoms with E-state index in [0.717, 1.165) is 0 Å². The molecule has 0 saturated heterocycles. The van der Waals surface area contributed by atoms with E-state index < -0.39 is 0 Å². The van der Waals surface area contributed by atoms with Crippen LogP contribution >= 0.6 is 0 Å². The summed E-state index contributed by atoms with van der Waals surface area (Å²) in [7, 11) is 0. The van der Waals surface area contributed by atoms with Crippen LogP contribution in [0.1, 0.15) is 30.5 Å². The van der Waals surface area contributed by atoms with E-state index in [-0.39, 0.29) is 26.6 Å². The first-order valence-electron chi connectivity index (χ1n) is 11.1. The molecule has 0 spiro atoms. The minimum atomic E-state index is -0.0292. The average molecular weight is 527 g/mol. The first kappa shape index (κ1) is 21.2. The summed E-state index contributed by atoms with van der Waals surface area (Å²) in [6, 6.07) is 38.0. The quantitative estimate of drug-likeness (QED) is 0.167. The van der Waals surface area contributed by atoms with Gasteiger partial charge in [0, 0.05) is 0 Å². The second-order valence-electron chi connectivity index (χ2n) is 8.91. The van der Waals surface area contributed by atoms with Crippen molar-refractivity contribution in [2.24, 2.45) is 0 Å². The Hall–Kier alpha value is -2.65. The van der Waals surface area contributed by atoms with E-state index in [9.17, 15) is 0 Å². The summed E-state index contributed by atoms with van der Waals surface area (Å²) < 4.78 is 1.21. The number of hydrogen-bond donors (Lipinski definition) is 0. The molecule has 0 unspecified atom stereocenters. The third-order valence-electron chi connectivity index (χ3n) is 6.70. The molecule has 32 heavy (non-hydrogen) atoms. The molecule has 0 aliphatic rings. The molecule has 0 aromatic heterocycles. The molecule has 0 bridgehead atoms. The summed E-state index contributed by atoms with van der Waals surface area (Å²) in [5.74, 6) is 0. The van der Waals surface area contributed by atoms with Crippen molar-refractivity contribution >= 4 is 21.5 Å². The first-order chi connectivity index (χ1) is 15.6. The van der Waals surface area contributed by atoms with Gasteiger partial charge in [-0.25, -0.2) is 0 Å². The van der Waals surface area contributed by atoms with Crippen LogP contribution in [0.15, 0.2) is 103 Å². The second-order valence-corrected chi connectivity index (χ2v) is 11.2. The topological polar surface area (TPSA) is 0 Å². The molecule has 0 nitrogen and oxygen atoms in total. The van der Waals surface area contributed by atoms with E-state index >= 15 is 0 Å². The SMILES string of the molecule is C[I-]Cc1c2ccccc2c(-c2ccc(C(C)(C)c3ccccc3)cc2)c2ccccc12. The van der Waals surface area contributed by atoms with Gasteiger partial charge in [-0.05, 0) is 0 Å². The maximum absolute atomic E-state index is 2.38. The van der Waals surface area contributed by atoms with Gasteiger partial charge in [-0.15, -0.1) is 0 Å². The number of fused-ring (bicyclic) bond motifs is 2. The Morgan fingerprint density at radius 2 is 1.03 bits per heavy atom. The molecule has 0 heterocycles. The molecule has 160 valence electrons. The Kier molecular flexibility index (Phi) is 5.77. The Balaban J connectivity index is 1.71. The average Bonchev–Trinajstić information content (AvgIpc) is 2.85. The van der Waals surface area contributed by atoms with E-state index in [0.29, 0.717) is 0 Å². The zero-order valence-electron chi connectivity index (χ0n) is 18.9. The van der Waals surface area contributed by atoms with Gasteiger partial charge in [-0.2, -0.15) is 0 Å². The van der Waals surface area contributed by atoms with E-state index in [2.05, 4.69) is 122 Å². The predicted molar refractivity (Wildman–Crippen MR) is 135 cm³/mol. The number of hydrogen-bond acceptors (Lipinski definition) is 0. The van der Waals surface area contributed by atoms with Gasteiger partial charge in [0.05, 0.1) is 0 Å². The Bertz CT molecular complexity index is 1320. The van der Waals surface area contributed by atoms with Crippen molar-refractivity contribution in [1.29, 1.82) is 0 Å². The van der Waals surface area contributed by atoms with Gasteiger partial charge in [0.25, 0.3) is 0 Å². The third kappa shape index (κ3) is 3.63. The normalized spacial score (nSPS) is 12.0. The fourth-order valence-electron chi connectivity index (χ4n) is 4.88. The fraction of sp³-hybridized carbons (Fsp3) is 0.161. The van der Waals surface area contributed by atoms with E-state index in [1.807, 2.05) is 0 Å². The van der Waals surface area contributed by atoms with Gasteiger partial charge < -0.3 is 0 Å². The van der Waals surface area contributed by atoms with Crippen LogP contribution in [-0.2, 0) is 9.84 Å².